The minimum Gasteiger partial charge on any atom is -0.483 e. The molecule has 0 aromatic carbocycles. The third-order valence-electron chi connectivity index (χ3n) is 3.54. The highest BCUT2D eigenvalue weighted by molar-refractivity contribution is 7.96. The van der Waals surface area contributed by atoms with Crippen molar-refractivity contribution in [1.29, 1.82) is 0 Å². The Morgan fingerprint density at radius 3 is 1.70 bits per heavy atom. The first kappa shape index (κ1) is 42.3. The molecule has 0 bridgehead atoms. The van der Waals surface area contributed by atoms with Crippen LogP contribution in [0.1, 0.15) is 54.4 Å². The van der Waals surface area contributed by atoms with Gasteiger partial charge in [-0.1, -0.05) is 39.6 Å². The van der Waals surface area contributed by atoms with Crippen LogP contribution >= 0.6 is 11.9 Å². The smallest absolute Gasteiger partial charge is 0.290 e. The molecule has 1 unspecified atom stereocenters. The average Bonchev–Trinajstić information content (AvgIpc) is 2.88. The molecule has 0 radical (unpaired) electrons. The van der Waals surface area contributed by atoms with E-state index in [1.165, 1.54) is 6.92 Å². The van der Waals surface area contributed by atoms with E-state index in [4.69, 9.17) is 28.8 Å². The monoisotopic (exact) mass is 557 g/mol. The van der Waals surface area contributed by atoms with Crippen molar-refractivity contribution in [2.45, 2.75) is 60.4 Å². The number of nitrogens with one attached hydrogen (secondary N) is 3. The van der Waals surface area contributed by atoms with Crippen molar-refractivity contribution in [2.75, 3.05) is 72.2 Å². The molecule has 12 nitrogen and oxygen atoms in total. The van der Waals surface area contributed by atoms with Gasteiger partial charge in [-0.3, -0.25) is 23.9 Å². The van der Waals surface area contributed by atoms with Gasteiger partial charge < -0.3 is 34.7 Å². The summed E-state index contributed by atoms with van der Waals surface area (Å²) in [7, 11) is 0. The number of rotatable bonds is 21. The van der Waals surface area contributed by atoms with Crippen molar-refractivity contribution >= 4 is 36.0 Å². The lowest BCUT2D eigenvalue weighted by Crippen LogP contribution is -2.31. The van der Waals surface area contributed by atoms with Crippen LogP contribution in [0, 0.1) is 0 Å². The highest BCUT2D eigenvalue weighted by Crippen LogP contribution is 1.99. The molecule has 0 heterocycles. The Morgan fingerprint density at radius 2 is 1.24 bits per heavy atom. The minimum atomic E-state index is -0.250. The van der Waals surface area contributed by atoms with Crippen LogP contribution in [-0.2, 0) is 38.1 Å². The summed E-state index contributed by atoms with van der Waals surface area (Å²) in [6.07, 6.45) is 3.22. The Balaban J connectivity index is -0.000000703. The standard InChI is InChI=1S/C19H37N3O7S.2C2H6.CH2O2/c1-16(22-30-3)4-5-18(24)20-6-8-26-11-13-29-15-19(25)21-7-9-27-10-12-28-14-17(2)23;2*1-2;2-1-3/h16,22H,4-15H2,1-3H3,(H,20,24)(H,21,25);2*1-2H3;1H,(H,2,3). The summed E-state index contributed by atoms with van der Waals surface area (Å²) in [4.78, 5) is 42.2. The van der Waals surface area contributed by atoms with Crippen LogP contribution in [0.3, 0.4) is 0 Å². The van der Waals surface area contributed by atoms with Gasteiger partial charge in [0.15, 0.2) is 5.78 Å². The van der Waals surface area contributed by atoms with Crippen molar-refractivity contribution in [2.24, 2.45) is 0 Å². The molecule has 1 atom stereocenters. The van der Waals surface area contributed by atoms with Crippen molar-refractivity contribution in [3.05, 3.63) is 0 Å². The Kier molecular flexibility index (Phi) is 44.3. The van der Waals surface area contributed by atoms with E-state index in [9.17, 15) is 14.4 Å². The summed E-state index contributed by atoms with van der Waals surface area (Å²) in [5.74, 6) is -0.252. The number of carbonyl (C=O) groups is 4. The molecule has 222 valence electrons. The van der Waals surface area contributed by atoms with Crippen LogP contribution in [0.15, 0.2) is 0 Å². The number of ether oxygens (including phenoxy) is 4. The van der Waals surface area contributed by atoms with Crippen LogP contribution in [0.4, 0.5) is 0 Å². The number of carbonyl (C=O) groups excluding carboxylic acids is 3. The van der Waals surface area contributed by atoms with Gasteiger partial charge in [0.25, 0.3) is 6.47 Å². The zero-order valence-corrected chi connectivity index (χ0v) is 24.6. The van der Waals surface area contributed by atoms with E-state index < -0.39 is 0 Å². The van der Waals surface area contributed by atoms with Crippen LogP contribution in [0.25, 0.3) is 0 Å². The lowest BCUT2D eigenvalue weighted by molar-refractivity contribution is -0.127. The lowest BCUT2D eigenvalue weighted by atomic mass is 10.2. The molecule has 0 fully saturated rings. The summed E-state index contributed by atoms with van der Waals surface area (Å²) in [6.45, 7) is 14.2. The Morgan fingerprint density at radius 1 is 0.811 bits per heavy atom. The molecule has 4 N–H and O–H groups in total. The van der Waals surface area contributed by atoms with E-state index in [1.807, 2.05) is 40.9 Å². The molecular formula is C24H51N3O9S. The molecule has 0 saturated carbocycles. The molecule has 0 spiro atoms. The highest BCUT2D eigenvalue weighted by atomic mass is 32.2. The molecular weight excluding hydrogens is 506 g/mol. The molecule has 37 heavy (non-hydrogen) atoms. The van der Waals surface area contributed by atoms with Gasteiger partial charge in [-0.2, -0.15) is 0 Å². The fourth-order valence-corrected chi connectivity index (χ4v) is 2.61. The predicted molar refractivity (Wildman–Crippen MR) is 147 cm³/mol. The third-order valence-corrected chi connectivity index (χ3v) is 4.18. The second-order valence-corrected chi connectivity index (χ2v) is 7.24. The molecule has 2 amide bonds. The molecule has 0 aromatic rings. The van der Waals surface area contributed by atoms with Crippen molar-refractivity contribution in [3.8, 4) is 0 Å². The first-order chi connectivity index (χ1) is 17.9. The van der Waals surface area contributed by atoms with Crippen LogP contribution in [0.2, 0.25) is 0 Å². The van der Waals surface area contributed by atoms with Crippen LogP contribution in [-0.4, -0.2) is 107 Å². The fraction of sp³-hybridized carbons (Fsp3) is 0.833. The Bertz CT molecular complexity index is 516. The van der Waals surface area contributed by atoms with E-state index in [2.05, 4.69) is 15.4 Å². The number of ketones is 1. The maximum atomic E-state index is 11.7. The lowest BCUT2D eigenvalue weighted by Gasteiger charge is -2.11. The van der Waals surface area contributed by atoms with Gasteiger partial charge in [0.2, 0.25) is 11.8 Å². The summed E-state index contributed by atoms with van der Waals surface area (Å²) < 4.78 is 24.0. The van der Waals surface area contributed by atoms with E-state index in [-0.39, 0.29) is 37.3 Å². The van der Waals surface area contributed by atoms with Crippen molar-refractivity contribution < 1.29 is 43.2 Å². The SMILES string of the molecule is CC.CC.CSNC(C)CCC(=O)NCCOCCOCC(=O)NCCOCCOCC(C)=O.O=CO. The van der Waals surface area contributed by atoms with Crippen LogP contribution in [0.5, 0.6) is 0 Å². The van der Waals surface area contributed by atoms with E-state index in [1.54, 1.807) is 11.9 Å². The third kappa shape index (κ3) is 44.6. The first-order valence-corrected chi connectivity index (χ1v) is 13.8. The van der Waals surface area contributed by atoms with Gasteiger partial charge in [-0.15, -0.1) is 0 Å². The minimum absolute atomic E-state index is 0.00819. The van der Waals surface area contributed by atoms with Crippen LogP contribution < -0.4 is 15.4 Å². The highest BCUT2D eigenvalue weighted by Gasteiger charge is 2.05. The van der Waals surface area contributed by atoms with Crippen molar-refractivity contribution in [3.63, 3.8) is 0 Å². The molecule has 0 aliphatic rings. The summed E-state index contributed by atoms with van der Waals surface area (Å²) in [5.41, 5.74) is 0. The topological polar surface area (TPSA) is 162 Å². The molecule has 0 aliphatic carbocycles. The fourth-order valence-electron chi connectivity index (χ4n) is 2.09. The maximum Gasteiger partial charge on any atom is 0.290 e. The predicted octanol–water partition coefficient (Wildman–Crippen LogP) is 1.66. The zero-order chi connectivity index (χ0) is 29.2. The second kappa shape index (κ2) is 38.8. The molecule has 13 heteroatoms. The number of hydrogen-bond donors (Lipinski definition) is 4. The normalized spacial score (nSPS) is 10.2. The Hall–Kier alpha value is -1.77. The first-order valence-electron chi connectivity index (χ1n) is 12.6. The summed E-state index contributed by atoms with van der Waals surface area (Å²) >= 11 is 1.55. The van der Waals surface area contributed by atoms with Gasteiger partial charge in [-0.25, -0.2) is 0 Å². The largest absolute Gasteiger partial charge is 0.483 e. The zero-order valence-electron chi connectivity index (χ0n) is 23.8. The quantitative estimate of drug-likeness (QED) is 0.0922. The number of Topliss-reactive ketones (excluding diaryl/α,β-unsaturated/α-hetero) is 1. The Labute approximate surface area is 227 Å². The second-order valence-electron chi connectivity index (χ2n) is 6.60. The summed E-state index contributed by atoms with van der Waals surface area (Å²) in [6, 6.07) is 0.294. The molecule has 0 aromatic heterocycles. The number of hydrogen-bond acceptors (Lipinski definition) is 10. The molecule has 0 saturated heterocycles. The maximum absolute atomic E-state index is 11.7. The molecule has 0 aliphatic heterocycles. The van der Waals surface area contributed by atoms with E-state index in [0.717, 1.165) is 6.42 Å². The van der Waals surface area contributed by atoms with Gasteiger partial charge in [-0.05, 0) is 26.5 Å². The van der Waals surface area contributed by atoms with Gasteiger partial charge in [0.05, 0.1) is 39.6 Å². The van der Waals surface area contributed by atoms with Gasteiger partial charge in [0.1, 0.15) is 13.2 Å². The van der Waals surface area contributed by atoms with E-state index in [0.29, 0.717) is 65.2 Å². The average molecular weight is 558 g/mol. The number of carboxylic acid groups (broad SMARTS) is 1. The van der Waals surface area contributed by atoms with Gasteiger partial charge >= 0.3 is 0 Å². The summed E-state index contributed by atoms with van der Waals surface area (Å²) in [5, 5.41) is 12.4. The molecule has 0 rings (SSSR count). The van der Waals surface area contributed by atoms with E-state index >= 15 is 0 Å². The van der Waals surface area contributed by atoms with Crippen molar-refractivity contribution in [1.82, 2.24) is 15.4 Å². The number of amides is 2. The van der Waals surface area contributed by atoms with Gasteiger partial charge in [0, 0.05) is 25.6 Å².